The molecule has 16 heavy (non-hydrogen) atoms. The molecule has 0 amide bonds. The van der Waals surface area contributed by atoms with E-state index in [1.165, 1.54) is 12.8 Å². The van der Waals surface area contributed by atoms with Crippen molar-refractivity contribution in [3.63, 3.8) is 0 Å². The van der Waals surface area contributed by atoms with Crippen molar-refractivity contribution in [1.82, 2.24) is 9.97 Å². The number of hydrogen-bond acceptors (Lipinski definition) is 4. The van der Waals surface area contributed by atoms with E-state index in [1.807, 2.05) is 0 Å². The van der Waals surface area contributed by atoms with E-state index in [-0.39, 0.29) is 12.1 Å². The standard InChI is InChI=1S/C11H16ClN3O/c1-7-2-4-8(5-3-7)16-10-6-9(12)14-11(13)15-10/h6-8H,2-5H2,1H3,(H2,13,14,15). The van der Waals surface area contributed by atoms with E-state index in [0.29, 0.717) is 11.0 Å². The Labute approximate surface area is 100 Å². The zero-order chi connectivity index (χ0) is 11.5. The summed E-state index contributed by atoms with van der Waals surface area (Å²) in [6.07, 6.45) is 4.80. The van der Waals surface area contributed by atoms with Crippen LogP contribution in [0, 0.1) is 5.92 Å². The molecule has 1 saturated carbocycles. The van der Waals surface area contributed by atoms with E-state index in [4.69, 9.17) is 22.1 Å². The van der Waals surface area contributed by atoms with Gasteiger partial charge in [0.25, 0.3) is 0 Å². The van der Waals surface area contributed by atoms with Crippen LogP contribution in [0.15, 0.2) is 6.07 Å². The average Bonchev–Trinajstić information content (AvgIpc) is 2.20. The summed E-state index contributed by atoms with van der Waals surface area (Å²) in [5.41, 5.74) is 5.50. The molecule has 0 aliphatic heterocycles. The minimum atomic E-state index is 0.159. The Morgan fingerprint density at radius 3 is 2.62 bits per heavy atom. The number of nitrogens with two attached hydrogens (primary N) is 1. The SMILES string of the molecule is CC1CCC(Oc2cc(Cl)nc(N)n2)CC1. The molecule has 0 atom stereocenters. The quantitative estimate of drug-likeness (QED) is 0.809. The molecule has 1 heterocycles. The van der Waals surface area contributed by atoms with Crippen LogP contribution in [0.1, 0.15) is 32.6 Å². The van der Waals surface area contributed by atoms with E-state index < -0.39 is 0 Å². The van der Waals surface area contributed by atoms with Gasteiger partial charge in [-0.3, -0.25) is 0 Å². The summed E-state index contributed by atoms with van der Waals surface area (Å²) < 4.78 is 5.75. The van der Waals surface area contributed by atoms with Gasteiger partial charge in [0, 0.05) is 6.07 Å². The first-order chi connectivity index (χ1) is 7.63. The van der Waals surface area contributed by atoms with Gasteiger partial charge < -0.3 is 10.5 Å². The molecule has 0 unspecified atom stereocenters. The Morgan fingerprint density at radius 1 is 1.31 bits per heavy atom. The Hall–Kier alpha value is -1.03. The highest BCUT2D eigenvalue weighted by atomic mass is 35.5. The molecule has 1 aliphatic carbocycles. The van der Waals surface area contributed by atoms with Crippen LogP contribution < -0.4 is 10.5 Å². The van der Waals surface area contributed by atoms with Crippen LogP contribution in [-0.4, -0.2) is 16.1 Å². The van der Waals surface area contributed by atoms with Crippen LogP contribution in [0.2, 0.25) is 5.15 Å². The van der Waals surface area contributed by atoms with Gasteiger partial charge in [-0.2, -0.15) is 4.98 Å². The van der Waals surface area contributed by atoms with Crippen LogP contribution >= 0.6 is 11.6 Å². The first-order valence-electron chi connectivity index (χ1n) is 5.60. The molecule has 0 radical (unpaired) electrons. The second-order valence-corrected chi connectivity index (χ2v) is 4.77. The lowest BCUT2D eigenvalue weighted by molar-refractivity contribution is 0.130. The Balaban J connectivity index is 1.98. The van der Waals surface area contributed by atoms with Gasteiger partial charge in [0.1, 0.15) is 11.3 Å². The molecule has 5 heteroatoms. The lowest BCUT2D eigenvalue weighted by Gasteiger charge is -2.26. The highest BCUT2D eigenvalue weighted by Gasteiger charge is 2.20. The first-order valence-corrected chi connectivity index (χ1v) is 5.98. The number of nitrogens with zero attached hydrogens (tertiary/aromatic N) is 2. The molecule has 0 spiro atoms. The number of aromatic nitrogens is 2. The molecule has 1 aromatic rings. The lowest BCUT2D eigenvalue weighted by Crippen LogP contribution is -2.23. The largest absolute Gasteiger partial charge is 0.474 e. The normalized spacial score (nSPS) is 25.4. The number of anilines is 1. The molecular formula is C11H16ClN3O. The summed E-state index contributed by atoms with van der Waals surface area (Å²) in [5, 5.41) is 0.326. The number of nitrogen functional groups attached to an aromatic ring is 1. The Kier molecular flexibility index (Phi) is 3.49. The molecule has 0 aromatic carbocycles. The second-order valence-electron chi connectivity index (χ2n) is 4.39. The van der Waals surface area contributed by atoms with Gasteiger partial charge >= 0.3 is 0 Å². The third kappa shape index (κ3) is 2.98. The molecule has 4 nitrogen and oxygen atoms in total. The molecule has 2 rings (SSSR count). The highest BCUT2D eigenvalue weighted by Crippen LogP contribution is 2.27. The zero-order valence-electron chi connectivity index (χ0n) is 9.32. The number of ether oxygens (including phenoxy) is 1. The monoisotopic (exact) mass is 241 g/mol. The first kappa shape index (κ1) is 11.5. The minimum absolute atomic E-state index is 0.159. The van der Waals surface area contributed by atoms with E-state index in [2.05, 4.69) is 16.9 Å². The molecule has 1 aliphatic rings. The fourth-order valence-corrected chi connectivity index (χ4v) is 2.17. The van der Waals surface area contributed by atoms with Crippen molar-refractivity contribution in [3.8, 4) is 5.88 Å². The molecule has 1 fully saturated rings. The van der Waals surface area contributed by atoms with Gasteiger partial charge in [-0.05, 0) is 31.6 Å². The zero-order valence-corrected chi connectivity index (χ0v) is 10.1. The summed E-state index contributed by atoms with van der Waals surface area (Å²) in [7, 11) is 0. The lowest BCUT2D eigenvalue weighted by atomic mass is 9.89. The van der Waals surface area contributed by atoms with Gasteiger partial charge in [0.15, 0.2) is 0 Å². The van der Waals surface area contributed by atoms with Crippen LogP contribution in [0.4, 0.5) is 5.95 Å². The smallest absolute Gasteiger partial charge is 0.224 e. The van der Waals surface area contributed by atoms with E-state index in [1.54, 1.807) is 6.07 Å². The Morgan fingerprint density at radius 2 is 2.00 bits per heavy atom. The number of rotatable bonds is 2. The topological polar surface area (TPSA) is 61.0 Å². The van der Waals surface area contributed by atoms with Crippen molar-refractivity contribution >= 4 is 17.5 Å². The third-order valence-corrected chi connectivity index (χ3v) is 3.13. The van der Waals surface area contributed by atoms with Gasteiger partial charge in [-0.25, -0.2) is 4.98 Å². The van der Waals surface area contributed by atoms with Crippen LogP contribution in [0.3, 0.4) is 0 Å². The summed E-state index contributed by atoms with van der Waals surface area (Å²) in [5.74, 6) is 1.45. The van der Waals surface area contributed by atoms with Gasteiger partial charge in [0.2, 0.25) is 11.8 Å². The fraction of sp³-hybridized carbons (Fsp3) is 0.636. The molecular weight excluding hydrogens is 226 g/mol. The molecule has 1 aromatic heterocycles. The van der Waals surface area contributed by atoms with Crippen molar-refractivity contribution in [3.05, 3.63) is 11.2 Å². The molecule has 0 saturated heterocycles. The number of hydrogen-bond donors (Lipinski definition) is 1. The Bertz CT molecular complexity index is 344. The fourth-order valence-electron chi connectivity index (χ4n) is 1.99. The van der Waals surface area contributed by atoms with Crippen molar-refractivity contribution in [2.45, 2.75) is 38.7 Å². The minimum Gasteiger partial charge on any atom is -0.474 e. The van der Waals surface area contributed by atoms with Crippen LogP contribution in [0.25, 0.3) is 0 Å². The predicted molar refractivity (Wildman–Crippen MR) is 63.5 cm³/mol. The van der Waals surface area contributed by atoms with E-state index >= 15 is 0 Å². The summed E-state index contributed by atoms with van der Waals surface area (Å²) >= 11 is 5.78. The molecule has 0 bridgehead atoms. The van der Waals surface area contributed by atoms with Crippen molar-refractivity contribution in [1.29, 1.82) is 0 Å². The van der Waals surface area contributed by atoms with Crippen LogP contribution in [0.5, 0.6) is 5.88 Å². The second kappa shape index (κ2) is 4.87. The number of halogens is 1. The van der Waals surface area contributed by atoms with Gasteiger partial charge in [0.05, 0.1) is 0 Å². The van der Waals surface area contributed by atoms with Gasteiger partial charge in [-0.15, -0.1) is 0 Å². The summed E-state index contributed by atoms with van der Waals surface area (Å²) in [6.45, 7) is 2.27. The maximum Gasteiger partial charge on any atom is 0.224 e. The maximum atomic E-state index is 5.78. The molecule has 2 N–H and O–H groups in total. The predicted octanol–water partition coefficient (Wildman–Crippen LogP) is 2.67. The van der Waals surface area contributed by atoms with Crippen molar-refractivity contribution < 1.29 is 4.74 Å². The maximum absolute atomic E-state index is 5.78. The molecule has 88 valence electrons. The van der Waals surface area contributed by atoms with Crippen molar-refractivity contribution in [2.24, 2.45) is 5.92 Å². The summed E-state index contributed by atoms with van der Waals surface area (Å²) in [4.78, 5) is 7.80. The van der Waals surface area contributed by atoms with Crippen molar-refractivity contribution in [2.75, 3.05) is 5.73 Å². The summed E-state index contributed by atoms with van der Waals surface area (Å²) in [6, 6.07) is 1.61. The van der Waals surface area contributed by atoms with Gasteiger partial charge in [-0.1, -0.05) is 18.5 Å². The highest BCUT2D eigenvalue weighted by molar-refractivity contribution is 6.29. The van der Waals surface area contributed by atoms with E-state index in [0.717, 1.165) is 18.8 Å². The third-order valence-electron chi connectivity index (χ3n) is 2.94. The van der Waals surface area contributed by atoms with Crippen LogP contribution in [-0.2, 0) is 0 Å². The average molecular weight is 242 g/mol. The van der Waals surface area contributed by atoms with E-state index in [9.17, 15) is 0 Å².